The van der Waals surface area contributed by atoms with E-state index in [1.165, 1.54) is 6.20 Å². The van der Waals surface area contributed by atoms with Crippen molar-refractivity contribution in [2.24, 2.45) is 0 Å². The van der Waals surface area contributed by atoms with Crippen molar-refractivity contribution in [2.75, 3.05) is 57.9 Å². The van der Waals surface area contributed by atoms with Gasteiger partial charge in [-0.25, -0.2) is 4.98 Å². The standard InChI is InChI=1S/C22H28ClN5O3/c1-17-15-25-20(16-24-17)22(30)28(12-13-31-2)7-6-21(29)27-10-8-26(9-11-27)19-5-3-4-18(23)14-19/h3-5,14-16H,6-13H2,1-2H3. The van der Waals surface area contributed by atoms with Crippen LogP contribution in [0.5, 0.6) is 0 Å². The SMILES string of the molecule is COCCN(CCC(=O)N1CCN(c2cccc(Cl)c2)CC1)C(=O)c1cnc(C)cn1. The number of hydrogen-bond acceptors (Lipinski definition) is 6. The third-order valence-electron chi connectivity index (χ3n) is 5.25. The molecule has 0 atom stereocenters. The predicted octanol–water partition coefficient (Wildman–Crippen LogP) is 2.27. The van der Waals surface area contributed by atoms with Gasteiger partial charge in [0.2, 0.25) is 5.91 Å². The molecule has 0 N–H and O–H groups in total. The van der Waals surface area contributed by atoms with Crippen LogP contribution in [0.1, 0.15) is 22.6 Å². The summed E-state index contributed by atoms with van der Waals surface area (Å²) in [6.45, 7) is 5.68. The lowest BCUT2D eigenvalue weighted by molar-refractivity contribution is -0.131. The molecule has 0 saturated carbocycles. The molecule has 1 aliphatic heterocycles. The smallest absolute Gasteiger partial charge is 0.274 e. The van der Waals surface area contributed by atoms with Gasteiger partial charge in [-0.05, 0) is 25.1 Å². The lowest BCUT2D eigenvalue weighted by Crippen LogP contribution is -2.49. The summed E-state index contributed by atoms with van der Waals surface area (Å²) in [5.41, 5.74) is 2.08. The van der Waals surface area contributed by atoms with E-state index < -0.39 is 0 Å². The topological polar surface area (TPSA) is 78.9 Å². The molecule has 0 unspecified atom stereocenters. The number of anilines is 1. The summed E-state index contributed by atoms with van der Waals surface area (Å²) in [5, 5.41) is 0.704. The van der Waals surface area contributed by atoms with E-state index in [1.54, 1.807) is 18.2 Å². The molecule has 0 spiro atoms. The zero-order chi connectivity index (χ0) is 22.2. The Labute approximate surface area is 187 Å². The molecule has 9 heteroatoms. The first-order valence-corrected chi connectivity index (χ1v) is 10.7. The van der Waals surface area contributed by atoms with E-state index in [-0.39, 0.29) is 23.9 Å². The summed E-state index contributed by atoms with van der Waals surface area (Å²) in [7, 11) is 1.58. The van der Waals surface area contributed by atoms with Crippen molar-refractivity contribution in [1.82, 2.24) is 19.8 Å². The van der Waals surface area contributed by atoms with Gasteiger partial charge in [-0.15, -0.1) is 0 Å². The number of nitrogens with zero attached hydrogens (tertiary/aromatic N) is 5. The fourth-order valence-electron chi connectivity index (χ4n) is 3.46. The number of rotatable bonds is 8. The van der Waals surface area contributed by atoms with Gasteiger partial charge in [0.05, 0.1) is 18.5 Å². The highest BCUT2D eigenvalue weighted by atomic mass is 35.5. The molecule has 0 bridgehead atoms. The normalized spacial score (nSPS) is 13.9. The Morgan fingerprint density at radius 1 is 1.13 bits per heavy atom. The Morgan fingerprint density at radius 2 is 1.90 bits per heavy atom. The van der Waals surface area contributed by atoms with E-state index in [4.69, 9.17) is 16.3 Å². The second kappa shape index (κ2) is 11.1. The Bertz CT molecular complexity index is 885. The summed E-state index contributed by atoms with van der Waals surface area (Å²) in [4.78, 5) is 39.5. The van der Waals surface area contributed by atoms with E-state index >= 15 is 0 Å². The van der Waals surface area contributed by atoms with Gasteiger partial charge in [-0.2, -0.15) is 0 Å². The minimum Gasteiger partial charge on any atom is -0.383 e. The average Bonchev–Trinajstić information content (AvgIpc) is 2.79. The first-order valence-electron chi connectivity index (χ1n) is 10.3. The fourth-order valence-corrected chi connectivity index (χ4v) is 3.64. The molecule has 8 nitrogen and oxygen atoms in total. The van der Waals surface area contributed by atoms with E-state index in [1.807, 2.05) is 36.1 Å². The van der Waals surface area contributed by atoms with E-state index in [0.717, 1.165) is 24.5 Å². The highest BCUT2D eigenvalue weighted by Gasteiger charge is 2.23. The van der Waals surface area contributed by atoms with Gasteiger partial charge >= 0.3 is 0 Å². The molecule has 1 fully saturated rings. The van der Waals surface area contributed by atoms with Crippen molar-refractivity contribution < 1.29 is 14.3 Å². The van der Waals surface area contributed by atoms with Crippen LogP contribution in [0.15, 0.2) is 36.7 Å². The average molecular weight is 446 g/mol. The second-order valence-corrected chi connectivity index (χ2v) is 7.86. The van der Waals surface area contributed by atoms with Crippen LogP contribution >= 0.6 is 11.6 Å². The third kappa shape index (κ3) is 6.38. The van der Waals surface area contributed by atoms with Crippen LogP contribution in [0, 0.1) is 6.92 Å². The predicted molar refractivity (Wildman–Crippen MR) is 119 cm³/mol. The maximum Gasteiger partial charge on any atom is 0.274 e. The van der Waals surface area contributed by atoms with Gasteiger partial charge in [-0.1, -0.05) is 17.7 Å². The molecule has 31 heavy (non-hydrogen) atoms. The minimum atomic E-state index is -0.247. The Balaban J connectivity index is 1.53. The zero-order valence-corrected chi connectivity index (χ0v) is 18.7. The van der Waals surface area contributed by atoms with Gasteiger partial charge in [0.25, 0.3) is 5.91 Å². The summed E-state index contributed by atoms with van der Waals surface area (Å²) in [6, 6.07) is 7.74. The highest BCUT2D eigenvalue weighted by Crippen LogP contribution is 2.21. The molecular formula is C22H28ClN5O3. The Morgan fingerprint density at radius 3 is 2.55 bits per heavy atom. The van der Waals surface area contributed by atoms with E-state index in [0.29, 0.717) is 37.8 Å². The number of halogens is 1. The molecule has 1 aromatic carbocycles. The summed E-state index contributed by atoms with van der Waals surface area (Å²) in [6.07, 6.45) is 3.28. The highest BCUT2D eigenvalue weighted by molar-refractivity contribution is 6.30. The van der Waals surface area contributed by atoms with Crippen molar-refractivity contribution >= 4 is 29.1 Å². The zero-order valence-electron chi connectivity index (χ0n) is 18.0. The Hall–Kier alpha value is -2.71. The molecule has 2 aromatic rings. The van der Waals surface area contributed by atoms with Crippen LogP contribution in [0.4, 0.5) is 5.69 Å². The number of piperazine rings is 1. The van der Waals surface area contributed by atoms with Gasteiger partial charge in [-0.3, -0.25) is 14.6 Å². The van der Waals surface area contributed by atoms with Crippen molar-refractivity contribution in [2.45, 2.75) is 13.3 Å². The number of hydrogen-bond donors (Lipinski definition) is 0. The Kier molecular flexibility index (Phi) is 8.20. The molecule has 3 rings (SSSR count). The summed E-state index contributed by atoms with van der Waals surface area (Å²) < 4.78 is 5.12. The first-order chi connectivity index (χ1) is 15.0. The fraction of sp³-hybridized carbons (Fsp3) is 0.455. The number of amides is 2. The van der Waals surface area contributed by atoms with Crippen molar-refractivity contribution in [1.29, 1.82) is 0 Å². The third-order valence-corrected chi connectivity index (χ3v) is 5.49. The lowest BCUT2D eigenvalue weighted by Gasteiger charge is -2.36. The van der Waals surface area contributed by atoms with Crippen molar-refractivity contribution in [3.05, 3.63) is 53.1 Å². The monoisotopic (exact) mass is 445 g/mol. The van der Waals surface area contributed by atoms with Gasteiger partial charge in [0.15, 0.2) is 0 Å². The summed E-state index contributed by atoms with van der Waals surface area (Å²) in [5.74, 6) is -0.209. The first kappa shape index (κ1) is 23.0. The number of aryl methyl sites for hydroxylation is 1. The minimum absolute atomic E-state index is 0.0379. The van der Waals surface area contributed by atoms with Crippen LogP contribution in [0.3, 0.4) is 0 Å². The molecule has 0 aliphatic carbocycles. The molecule has 1 aliphatic rings. The van der Waals surface area contributed by atoms with Gasteiger partial charge in [0, 0.05) is 69.7 Å². The number of carbonyl (C=O) groups excluding carboxylic acids is 2. The van der Waals surface area contributed by atoms with Crippen LogP contribution in [0.25, 0.3) is 0 Å². The van der Waals surface area contributed by atoms with Crippen LogP contribution in [-0.2, 0) is 9.53 Å². The molecule has 166 valence electrons. The number of carbonyl (C=O) groups is 2. The number of aromatic nitrogens is 2. The maximum absolute atomic E-state index is 12.8. The lowest BCUT2D eigenvalue weighted by atomic mass is 10.2. The maximum atomic E-state index is 12.8. The van der Waals surface area contributed by atoms with Gasteiger partial charge < -0.3 is 19.4 Å². The second-order valence-electron chi connectivity index (χ2n) is 7.43. The number of benzene rings is 1. The number of ether oxygens (including phenoxy) is 1. The molecule has 0 radical (unpaired) electrons. The van der Waals surface area contributed by atoms with Crippen LogP contribution < -0.4 is 4.90 Å². The van der Waals surface area contributed by atoms with E-state index in [9.17, 15) is 9.59 Å². The molecular weight excluding hydrogens is 418 g/mol. The summed E-state index contributed by atoms with van der Waals surface area (Å²) >= 11 is 6.09. The number of methoxy groups -OCH3 is 1. The van der Waals surface area contributed by atoms with Crippen LogP contribution in [0.2, 0.25) is 5.02 Å². The van der Waals surface area contributed by atoms with Gasteiger partial charge in [0.1, 0.15) is 5.69 Å². The molecule has 2 amide bonds. The molecule has 2 heterocycles. The molecule has 1 aromatic heterocycles. The largest absolute Gasteiger partial charge is 0.383 e. The van der Waals surface area contributed by atoms with Crippen molar-refractivity contribution in [3.63, 3.8) is 0 Å². The van der Waals surface area contributed by atoms with E-state index in [2.05, 4.69) is 14.9 Å². The van der Waals surface area contributed by atoms with Crippen molar-refractivity contribution in [3.8, 4) is 0 Å². The van der Waals surface area contributed by atoms with Crippen LogP contribution in [-0.4, -0.2) is 84.6 Å². The quantitative estimate of drug-likeness (QED) is 0.620. The molecule has 1 saturated heterocycles.